The molecule has 6 heteroatoms. The van der Waals surface area contributed by atoms with Gasteiger partial charge in [-0.05, 0) is 44.4 Å². The van der Waals surface area contributed by atoms with Gasteiger partial charge in [0.05, 0.1) is 11.3 Å². The number of hydrogen-bond donors (Lipinski definition) is 1. The standard InChI is InChI=1S/C18H23NO5/c1-18(2,13-5-6-14-15(10-13)24-9-8-23-14)17(22)19-7-3-4-12(11-19)16(20)21/h5-6,10,12H,3-4,7-9,11H2,1-2H3,(H,20,21)/t12-/m0/s1. The van der Waals surface area contributed by atoms with E-state index in [0.29, 0.717) is 37.7 Å². The normalized spacial score (nSPS) is 20.6. The van der Waals surface area contributed by atoms with Gasteiger partial charge in [-0.1, -0.05) is 6.07 Å². The number of carboxylic acids is 1. The summed E-state index contributed by atoms with van der Waals surface area (Å²) in [6.45, 7) is 5.64. The van der Waals surface area contributed by atoms with Crippen LogP contribution in [0.5, 0.6) is 11.5 Å². The fourth-order valence-corrected chi connectivity index (χ4v) is 3.31. The monoisotopic (exact) mass is 333 g/mol. The molecule has 1 N–H and O–H groups in total. The van der Waals surface area contributed by atoms with Crippen molar-refractivity contribution in [3.63, 3.8) is 0 Å². The number of carbonyl (C=O) groups excluding carboxylic acids is 1. The summed E-state index contributed by atoms with van der Waals surface area (Å²) in [5.74, 6) is -0.00706. The minimum atomic E-state index is -0.829. The largest absolute Gasteiger partial charge is 0.486 e. The topological polar surface area (TPSA) is 76.1 Å². The Bertz CT molecular complexity index is 655. The number of hydrogen-bond acceptors (Lipinski definition) is 4. The summed E-state index contributed by atoms with van der Waals surface area (Å²) in [5, 5.41) is 9.22. The second-order valence-electron chi connectivity index (χ2n) is 6.91. The fraction of sp³-hybridized carbons (Fsp3) is 0.556. The number of rotatable bonds is 3. The lowest BCUT2D eigenvalue weighted by Crippen LogP contribution is -2.49. The van der Waals surface area contributed by atoms with E-state index in [1.807, 2.05) is 32.0 Å². The number of nitrogens with zero attached hydrogens (tertiary/aromatic N) is 1. The zero-order valence-corrected chi connectivity index (χ0v) is 14.1. The van der Waals surface area contributed by atoms with E-state index >= 15 is 0 Å². The van der Waals surface area contributed by atoms with Crippen LogP contribution in [-0.2, 0) is 15.0 Å². The first kappa shape index (κ1) is 16.6. The molecule has 0 spiro atoms. The number of ether oxygens (including phenoxy) is 2. The molecule has 0 unspecified atom stereocenters. The summed E-state index contributed by atoms with van der Waals surface area (Å²) in [7, 11) is 0. The molecule has 2 heterocycles. The molecule has 1 fully saturated rings. The average molecular weight is 333 g/mol. The van der Waals surface area contributed by atoms with Crippen molar-refractivity contribution >= 4 is 11.9 Å². The Morgan fingerprint density at radius 1 is 1.21 bits per heavy atom. The van der Waals surface area contributed by atoms with Crippen molar-refractivity contribution in [1.29, 1.82) is 0 Å². The summed E-state index contributed by atoms with van der Waals surface area (Å²) in [4.78, 5) is 25.9. The summed E-state index contributed by atoms with van der Waals surface area (Å²) < 4.78 is 11.1. The predicted octanol–water partition coefficient (Wildman–Crippen LogP) is 2.06. The van der Waals surface area contributed by atoms with Crippen LogP contribution in [0.4, 0.5) is 0 Å². The highest BCUT2D eigenvalue weighted by Gasteiger charge is 2.37. The molecule has 3 rings (SSSR count). The summed E-state index contributed by atoms with van der Waals surface area (Å²) in [6, 6.07) is 5.56. The lowest BCUT2D eigenvalue weighted by atomic mass is 9.82. The average Bonchev–Trinajstić information content (AvgIpc) is 2.60. The first-order valence-corrected chi connectivity index (χ1v) is 8.32. The van der Waals surface area contributed by atoms with Gasteiger partial charge in [-0.25, -0.2) is 0 Å². The Balaban J connectivity index is 1.81. The number of aliphatic carboxylic acids is 1. The van der Waals surface area contributed by atoms with Gasteiger partial charge in [0.25, 0.3) is 0 Å². The molecular formula is C18H23NO5. The van der Waals surface area contributed by atoms with Crippen molar-refractivity contribution in [2.24, 2.45) is 5.92 Å². The van der Waals surface area contributed by atoms with E-state index in [2.05, 4.69) is 0 Å². The first-order chi connectivity index (χ1) is 11.4. The van der Waals surface area contributed by atoms with E-state index < -0.39 is 17.3 Å². The second kappa shape index (κ2) is 6.34. The summed E-state index contributed by atoms with van der Waals surface area (Å²) >= 11 is 0. The molecule has 0 bridgehead atoms. The maximum absolute atomic E-state index is 13.0. The third-order valence-electron chi connectivity index (χ3n) is 4.86. The van der Waals surface area contributed by atoms with Crippen LogP contribution >= 0.6 is 0 Å². The van der Waals surface area contributed by atoms with Crippen LogP contribution in [0, 0.1) is 5.92 Å². The van der Waals surface area contributed by atoms with Crippen molar-refractivity contribution in [2.45, 2.75) is 32.1 Å². The highest BCUT2D eigenvalue weighted by Crippen LogP contribution is 2.36. The SMILES string of the molecule is CC(C)(C(=O)N1CCC[C@H](C(=O)O)C1)c1ccc2c(c1)OCCO2. The molecule has 1 aromatic rings. The van der Waals surface area contributed by atoms with Crippen molar-refractivity contribution in [3.05, 3.63) is 23.8 Å². The molecule has 130 valence electrons. The Morgan fingerprint density at radius 2 is 1.92 bits per heavy atom. The van der Waals surface area contributed by atoms with Crippen LogP contribution in [0.25, 0.3) is 0 Å². The Kier molecular flexibility index (Phi) is 4.39. The minimum absolute atomic E-state index is 0.0508. The molecule has 0 aliphatic carbocycles. The highest BCUT2D eigenvalue weighted by molar-refractivity contribution is 5.88. The lowest BCUT2D eigenvalue weighted by molar-refractivity contribution is -0.147. The van der Waals surface area contributed by atoms with Gasteiger partial charge in [-0.3, -0.25) is 9.59 Å². The molecule has 2 aliphatic rings. The number of amides is 1. The Hall–Kier alpha value is -2.24. The van der Waals surface area contributed by atoms with E-state index in [-0.39, 0.29) is 12.5 Å². The van der Waals surface area contributed by atoms with Gasteiger partial charge in [-0.2, -0.15) is 0 Å². The van der Waals surface area contributed by atoms with Gasteiger partial charge < -0.3 is 19.5 Å². The van der Waals surface area contributed by atoms with Crippen LogP contribution in [0.1, 0.15) is 32.3 Å². The highest BCUT2D eigenvalue weighted by atomic mass is 16.6. The zero-order chi connectivity index (χ0) is 17.3. The van der Waals surface area contributed by atoms with Crippen molar-refractivity contribution in [3.8, 4) is 11.5 Å². The predicted molar refractivity (Wildman–Crippen MR) is 87.4 cm³/mol. The first-order valence-electron chi connectivity index (χ1n) is 8.32. The van der Waals surface area contributed by atoms with Crippen LogP contribution in [0.2, 0.25) is 0 Å². The molecule has 0 aromatic heterocycles. The molecule has 1 saturated heterocycles. The van der Waals surface area contributed by atoms with Gasteiger partial charge in [0.15, 0.2) is 11.5 Å². The third-order valence-corrected chi connectivity index (χ3v) is 4.86. The number of fused-ring (bicyclic) bond motifs is 1. The van der Waals surface area contributed by atoms with E-state index in [0.717, 1.165) is 12.0 Å². The zero-order valence-electron chi connectivity index (χ0n) is 14.1. The molecule has 1 atom stereocenters. The molecule has 0 radical (unpaired) electrons. The number of carbonyl (C=O) groups is 2. The van der Waals surface area contributed by atoms with Crippen LogP contribution in [0.15, 0.2) is 18.2 Å². The maximum Gasteiger partial charge on any atom is 0.308 e. The summed E-state index contributed by atoms with van der Waals surface area (Å²) in [5.41, 5.74) is 0.0881. The van der Waals surface area contributed by atoms with E-state index in [4.69, 9.17) is 9.47 Å². The molecule has 1 amide bonds. The van der Waals surface area contributed by atoms with Gasteiger partial charge in [0.1, 0.15) is 13.2 Å². The molecular weight excluding hydrogens is 310 g/mol. The lowest BCUT2D eigenvalue weighted by Gasteiger charge is -2.37. The number of carboxylic acid groups (broad SMARTS) is 1. The fourth-order valence-electron chi connectivity index (χ4n) is 3.31. The van der Waals surface area contributed by atoms with Gasteiger partial charge in [0, 0.05) is 13.1 Å². The van der Waals surface area contributed by atoms with Crippen molar-refractivity contribution in [1.82, 2.24) is 4.90 Å². The Labute approximate surface area is 141 Å². The van der Waals surface area contributed by atoms with E-state index in [9.17, 15) is 14.7 Å². The number of likely N-dealkylation sites (tertiary alicyclic amines) is 1. The van der Waals surface area contributed by atoms with E-state index in [1.165, 1.54) is 0 Å². The van der Waals surface area contributed by atoms with E-state index in [1.54, 1.807) is 4.90 Å². The van der Waals surface area contributed by atoms with Crippen LogP contribution < -0.4 is 9.47 Å². The molecule has 0 saturated carbocycles. The number of benzene rings is 1. The van der Waals surface area contributed by atoms with Gasteiger partial charge in [0.2, 0.25) is 5.91 Å². The maximum atomic E-state index is 13.0. The van der Waals surface area contributed by atoms with Crippen molar-refractivity contribution < 1.29 is 24.2 Å². The van der Waals surface area contributed by atoms with Gasteiger partial charge >= 0.3 is 5.97 Å². The van der Waals surface area contributed by atoms with Crippen LogP contribution in [0.3, 0.4) is 0 Å². The van der Waals surface area contributed by atoms with Crippen LogP contribution in [-0.4, -0.2) is 48.2 Å². The van der Waals surface area contributed by atoms with Gasteiger partial charge in [-0.15, -0.1) is 0 Å². The Morgan fingerprint density at radius 3 is 2.62 bits per heavy atom. The number of piperidine rings is 1. The summed E-state index contributed by atoms with van der Waals surface area (Å²) in [6.07, 6.45) is 1.35. The molecule has 6 nitrogen and oxygen atoms in total. The molecule has 1 aromatic carbocycles. The molecule has 24 heavy (non-hydrogen) atoms. The quantitative estimate of drug-likeness (QED) is 0.916. The minimum Gasteiger partial charge on any atom is -0.486 e. The molecule has 2 aliphatic heterocycles. The van der Waals surface area contributed by atoms with Crippen molar-refractivity contribution in [2.75, 3.05) is 26.3 Å². The second-order valence-corrected chi connectivity index (χ2v) is 6.91. The smallest absolute Gasteiger partial charge is 0.308 e. The third kappa shape index (κ3) is 3.05.